The molecule has 4 heteroatoms. The van der Waals surface area contributed by atoms with Crippen molar-refractivity contribution in [1.82, 2.24) is 10.1 Å². The van der Waals surface area contributed by atoms with Crippen LogP contribution in [0.3, 0.4) is 0 Å². The van der Waals surface area contributed by atoms with Crippen LogP contribution in [0.5, 0.6) is 0 Å². The van der Waals surface area contributed by atoms with E-state index in [0.717, 1.165) is 18.7 Å². The maximum atomic E-state index is 5.38. The first-order valence-corrected chi connectivity index (χ1v) is 6.81. The van der Waals surface area contributed by atoms with Gasteiger partial charge in [-0.05, 0) is 24.0 Å². The van der Waals surface area contributed by atoms with Crippen LogP contribution in [0.1, 0.15) is 49.2 Å². The summed E-state index contributed by atoms with van der Waals surface area (Å²) in [6, 6.07) is 9.56. The highest BCUT2D eigenvalue weighted by atomic mass is 16.5. The van der Waals surface area contributed by atoms with Crippen molar-refractivity contribution >= 4 is 6.01 Å². The Hall–Kier alpha value is -1.84. The first kappa shape index (κ1) is 12.2. The molecule has 0 spiro atoms. The second-order valence-electron chi connectivity index (χ2n) is 5.45. The van der Waals surface area contributed by atoms with E-state index in [1.165, 1.54) is 11.1 Å². The maximum absolute atomic E-state index is 5.38. The van der Waals surface area contributed by atoms with Gasteiger partial charge in [-0.3, -0.25) is 0 Å². The summed E-state index contributed by atoms with van der Waals surface area (Å²) in [5.41, 5.74) is 2.82. The highest BCUT2D eigenvalue weighted by Gasteiger charge is 2.28. The SMILES string of the molecule is CC(C)c1noc(N(C)C2CCc3ccccc32)n1. The Morgan fingerprint density at radius 2 is 2.11 bits per heavy atom. The summed E-state index contributed by atoms with van der Waals surface area (Å²) in [7, 11) is 2.03. The van der Waals surface area contributed by atoms with Crippen molar-refractivity contribution in [1.29, 1.82) is 0 Å². The number of benzene rings is 1. The Morgan fingerprint density at radius 3 is 2.84 bits per heavy atom. The van der Waals surface area contributed by atoms with Gasteiger partial charge in [0, 0.05) is 13.0 Å². The molecule has 1 heterocycles. The molecule has 2 aromatic rings. The summed E-state index contributed by atoms with van der Waals surface area (Å²) < 4.78 is 5.38. The van der Waals surface area contributed by atoms with Crippen molar-refractivity contribution in [3.63, 3.8) is 0 Å². The number of fused-ring (bicyclic) bond motifs is 1. The van der Waals surface area contributed by atoms with Gasteiger partial charge in [0.2, 0.25) is 0 Å². The Bertz CT molecular complexity index is 576. The molecule has 0 saturated heterocycles. The number of rotatable bonds is 3. The highest BCUT2D eigenvalue weighted by molar-refractivity contribution is 5.41. The Kier molecular flexibility index (Phi) is 3.01. The molecular formula is C15H19N3O. The molecule has 1 unspecified atom stereocenters. The molecule has 0 amide bonds. The fourth-order valence-corrected chi connectivity index (χ4v) is 2.67. The van der Waals surface area contributed by atoms with Crippen molar-refractivity contribution in [2.24, 2.45) is 0 Å². The van der Waals surface area contributed by atoms with E-state index < -0.39 is 0 Å². The van der Waals surface area contributed by atoms with Crippen LogP contribution in [0.2, 0.25) is 0 Å². The quantitative estimate of drug-likeness (QED) is 0.846. The molecule has 0 fully saturated rings. The smallest absolute Gasteiger partial charge is 0.320 e. The molecule has 3 rings (SSSR count). The molecule has 19 heavy (non-hydrogen) atoms. The van der Waals surface area contributed by atoms with Crippen LogP contribution in [0.25, 0.3) is 0 Å². The molecule has 0 bridgehead atoms. The Morgan fingerprint density at radius 1 is 1.32 bits per heavy atom. The number of aromatic nitrogens is 2. The fourth-order valence-electron chi connectivity index (χ4n) is 2.67. The Balaban J connectivity index is 1.86. The monoisotopic (exact) mass is 257 g/mol. The molecular weight excluding hydrogens is 238 g/mol. The van der Waals surface area contributed by atoms with E-state index in [1.54, 1.807) is 0 Å². The minimum atomic E-state index is 0.293. The van der Waals surface area contributed by atoms with Gasteiger partial charge in [0.15, 0.2) is 5.82 Å². The van der Waals surface area contributed by atoms with Crippen molar-refractivity contribution in [3.8, 4) is 0 Å². The molecule has 1 aromatic carbocycles. The molecule has 1 aliphatic carbocycles. The lowest BCUT2D eigenvalue weighted by Gasteiger charge is -2.22. The van der Waals surface area contributed by atoms with Crippen LogP contribution < -0.4 is 4.90 Å². The van der Waals surface area contributed by atoms with Gasteiger partial charge < -0.3 is 9.42 Å². The van der Waals surface area contributed by atoms with Gasteiger partial charge in [0.1, 0.15) is 0 Å². The first-order chi connectivity index (χ1) is 9.16. The molecule has 4 nitrogen and oxygen atoms in total. The Labute approximate surface area is 113 Å². The van der Waals surface area contributed by atoms with Crippen LogP contribution >= 0.6 is 0 Å². The van der Waals surface area contributed by atoms with E-state index in [9.17, 15) is 0 Å². The zero-order valence-corrected chi connectivity index (χ0v) is 11.6. The zero-order valence-electron chi connectivity index (χ0n) is 11.6. The summed E-state index contributed by atoms with van der Waals surface area (Å²) in [5, 5.41) is 4.04. The van der Waals surface area contributed by atoms with Crippen molar-refractivity contribution in [2.75, 3.05) is 11.9 Å². The predicted molar refractivity (Wildman–Crippen MR) is 74.3 cm³/mol. The predicted octanol–water partition coefficient (Wildman–Crippen LogP) is 3.32. The number of hydrogen-bond donors (Lipinski definition) is 0. The van der Waals surface area contributed by atoms with Crippen molar-refractivity contribution < 1.29 is 4.52 Å². The van der Waals surface area contributed by atoms with E-state index in [1.807, 2.05) is 7.05 Å². The third kappa shape index (κ3) is 2.11. The molecule has 1 aliphatic rings. The van der Waals surface area contributed by atoms with E-state index in [2.05, 4.69) is 53.2 Å². The maximum Gasteiger partial charge on any atom is 0.324 e. The average Bonchev–Trinajstić information content (AvgIpc) is 3.05. The summed E-state index contributed by atoms with van der Waals surface area (Å²) in [5.74, 6) is 1.06. The lowest BCUT2D eigenvalue weighted by Crippen LogP contribution is -2.22. The van der Waals surface area contributed by atoms with Gasteiger partial charge in [-0.1, -0.05) is 43.3 Å². The van der Waals surface area contributed by atoms with E-state index >= 15 is 0 Å². The zero-order chi connectivity index (χ0) is 13.4. The van der Waals surface area contributed by atoms with Gasteiger partial charge in [0.25, 0.3) is 0 Å². The van der Waals surface area contributed by atoms with Gasteiger partial charge in [-0.2, -0.15) is 4.98 Å². The van der Waals surface area contributed by atoms with E-state index in [4.69, 9.17) is 4.52 Å². The first-order valence-electron chi connectivity index (χ1n) is 6.81. The summed E-state index contributed by atoms with van der Waals surface area (Å²) in [6.45, 7) is 4.14. The van der Waals surface area contributed by atoms with Crippen LogP contribution in [-0.4, -0.2) is 17.2 Å². The van der Waals surface area contributed by atoms with E-state index in [0.29, 0.717) is 18.0 Å². The number of aryl methyl sites for hydroxylation is 1. The lowest BCUT2D eigenvalue weighted by atomic mass is 10.1. The summed E-state index contributed by atoms with van der Waals surface area (Å²) >= 11 is 0. The van der Waals surface area contributed by atoms with Crippen LogP contribution in [0, 0.1) is 0 Å². The minimum Gasteiger partial charge on any atom is -0.320 e. The summed E-state index contributed by atoms with van der Waals surface area (Å²) in [6.07, 6.45) is 2.23. The van der Waals surface area contributed by atoms with Crippen molar-refractivity contribution in [3.05, 3.63) is 41.2 Å². The number of nitrogens with zero attached hydrogens (tertiary/aromatic N) is 3. The largest absolute Gasteiger partial charge is 0.324 e. The van der Waals surface area contributed by atoms with Crippen LogP contribution in [0.15, 0.2) is 28.8 Å². The molecule has 1 aromatic heterocycles. The fraction of sp³-hybridized carbons (Fsp3) is 0.467. The molecule has 0 radical (unpaired) electrons. The second kappa shape index (κ2) is 4.68. The van der Waals surface area contributed by atoms with Crippen LogP contribution in [-0.2, 0) is 6.42 Å². The van der Waals surface area contributed by atoms with Gasteiger partial charge in [-0.25, -0.2) is 0 Å². The standard InChI is InChI=1S/C15H19N3O/c1-10(2)14-16-15(19-17-14)18(3)13-9-8-11-6-4-5-7-12(11)13/h4-7,10,13H,8-9H2,1-3H3. The summed E-state index contributed by atoms with van der Waals surface area (Å²) in [4.78, 5) is 6.58. The van der Waals surface area contributed by atoms with Crippen LogP contribution in [0.4, 0.5) is 6.01 Å². The van der Waals surface area contributed by atoms with Gasteiger partial charge >= 0.3 is 6.01 Å². The molecule has 0 N–H and O–H groups in total. The third-order valence-corrected chi connectivity index (χ3v) is 3.82. The second-order valence-corrected chi connectivity index (χ2v) is 5.45. The number of hydrogen-bond acceptors (Lipinski definition) is 4. The molecule has 1 atom stereocenters. The van der Waals surface area contributed by atoms with Crippen molar-refractivity contribution in [2.45, 2.75) is 38.6 Å². The van der Waals surface area contributed by atoms with Gasteiger partial charge in [-0.15, -0.1) is 0 Å². The lowest BCUT2D eigenvalue weighted by molar-refractivity contribution is 0.399. The molecule has 0 aliphatic heterocycles. The molecule has 0 saturated carbocycles. The van der Waals surface area contributed by atoms with E-state index in [-0.39, 0.29) is 0 Å². The number of anilines is 1. The normalized spacial score (nSPS) is 17.8. The average molecular weight is 257 g/mol. The topological polar surface area (TPSA) is 42.2 Å². The highest BCUT2D eigenvalue weighted by Crippen LogP contribution is 2.36. The minimum absolute atomic E-state index is 0.293. The third-order valence-electron chi connectivity index (χ3n) is 3.82. The van der Waals surface area contributed by atoms with Gasteiger partial charge in [0.05, 0.1) is 6.04 Å². The molecule has 100 valence electrons.